The number of anilines is 3. The van der Waals surface area contributed by atoms with Crippen molar-refractivity contribution in [3.05, 3.63) is 52.7 Å². The van der Waals surface area contributed by atoms with Gasteiger partial charge in [-0.05, 0) is 19.1 Å². The van der Waals surface area contributed by atoms with Gasteiger partial charge in [-0.3, -0.25) is 5.10 Å². The molecule has 7 nitrogen and oxygen atoms in total. The standard InChI is InChI=1S/C17H13Cl2N7/c1-8-2-14(23-7-22-8)25-17-11-6-24-26-16(11)10(5-21-17)15-12(18)3-9(20)4-13(15)19/h2-7H,20H2,1H3,(H,24,26)(H,21,22,23,25). The largest absolute Gasteiger partial charge is 0.399 e. The van der Waals surface area contributed by atoms with Gasteiger partial charge in [0.2, 0.25) is 0 Å². The Morgan fingerprint density at radius 2 is 1.81 bits per heavy atom. The first-order chi connectivity index (χ1) is 12.5. The molecule has 0 atom stereocenters. The summed E-state index contributed by atoms with van der Waals surface area (Å²) in [5, 5.41) is 12.0. The molecule has 0 spiro atoms. The lowest BCUT2D eigenvalue weighted by atomic mass is 10.0. The monoisotopic (exact) mass is 385 g/mol. The van der Waals surface area contributed by atoms with Crippen molar-refractivity contribution in [1.82, 2.24) is 25.1 Å². The zero-order valence-electron chi connectivity index (χ0n) is 13.6. The van der Waals surface area contributed by atoms with Crippen molar-refractivity contribution in [1.29, 1.82) is 0 Å². The Balaban J connectivity index is 1.85. The lowest BCUT2D eigenvalue weighted by molar-refractivity contribution is 1.10. The number of aryl methyl sites for hydroxylation is 1. The zero-order valence-corrected chi connectivity index (χ0v) is 15.1. The van der Waals surface area contributed by atoms with E-state index in [9.17, 15) is 0 Å². The van der Waals surface area contributed by atoms with E-state index < -0.39 is 0 Å². The van der Waals surface area contributed by atoms with Crippen LogP contribution in [0.5, 0.6) is 0 Å². The lowest BCUT2D eigenvalue weighted by Crippen LogP contribution is -1.99. The predicted octanol–water partition coefficient (Wildman–Crippen LogP) is 4.36. The highest BCUT2D eigenvalue weighted by Crippen LogP contribution is 2.40. The summed E-state index contributed by atoms with van der Waals surface area (Å²) in [4.78, 5) is 12.8. The number of aromatic nitrogens is 5. The molecule has 0 saturated heterocycles. The van der Waals surface area contributed by atoms with E-state index in [1.54, 1.807) is 24.5 Å². The van der Waals surface area contributed by atoms with Crippen LogP contribution in [0.4, 0.5) is 17.3 Å². The second kappa shape index (κ2) is 6.44. The molecule has 0 bridgehead atoms. The average Bonchev–Trinajstić information content (AvgIpc) is 3.06. The summed E-state index contributed by atoms with van der Waals surface area (Å²) in [5.41, 5.74) is 9.27. The van der Waals surface area contributed by atoms with Crippen molar-refractivity contribution in [3.8, 4) is 11.1 Å². The van der Waals surface area contributed by atoms with Gasteiger partial charge in [-0.2, -0.15) is 5.10 Å². The molecule has 0 saturated carbocycles. The Hall–Kier alpha value is -2.90. The molecule has 0 aliphatic carbocycles. The minimum Gasteiger partial charge on any atom is -0.399 e. The number of H-pyrrole nitrogens is 1. The molecule has 0 aliphatic rings. The van der Waals surface area contributed by atoms with Crippen molar-refractivity contribution in [2.75, 3.05) is 11.1 Å². The summed E-state index contributed by atoms with van der Waals surface area (Å²) in [6, 6.07) is 5.14. The number of halogens is 2. The molecule has 0 fully saturated rings. The molecule has 9 heteroatoms. The first-order valence-corrected chi connectivity index (χ1v) is 8.41. The van der Waals surface area contributed by atoms with Crippen LogP contribution in [-0.4, -0.2) is 25.1 Å². The molecule has 3 aromatic heterocycles. The van der Waals surface area contributed by atoms with Crippen molar-refractivity contribution in [2.45, 2.75) is 6.92 Å². The minimum atomic E-state index is 0.444. The van der Waals surface area contributed by atoms with E-state index >= 15 is 0 Å². The van der Waals surface area contributed by atoms with Gasteiger partial charge in [-0.15, -0.1) is 0 Å². The number of pyridine rings is 1. The quantitative estimate of drug-likeness (QED) is 0.452. The van der Waals surface area contributed by atoms with E-state index in [0.717, 1.165) is 22.2 Å². The van der Waals surface area contributed by atoms with Crippen LogP contribution in [0.15, 0.2) is 36.9 Å². The molecule has 0 unspecified atom stereocenters. The third kappa shape index (κ3) is 2.91. The number of nitrogen functional groups attached to an aromatic ring is 1. The fourth-order valence-corrected chi connectivity index (χ4v) is 3.43. The predicted molar refractivity (Wildman–Crippen MR) is 104 cm³/mol. The van der Waals surface area contributed by atoms with E-state index in [-0.39, 0.29) is 0 Å². The van der Waals surface area contributed by atoms with Gasteiger partial charge in [0.1, 0.15) is 18.0 Å². The number of fused-ring (bicyclic) bond motifs is 1. The van der Waals surface area contributed by atoms with Crippen molar-refractivity contribution in [3.63, 3.8) is 0 Å². The normalized spacial score (nSPS) is 11.0. The van der Waals surface area contributed by atoms with Gasteiger partial charge < -0.3 is 11.1 Å². The average molecular weight is 386 g/mol. The summed E-state index contributed by atoms with van der Waals surface area (Å²) in [6.45, 7) is 1.89. The fourth-order valence-electron chi connectivity index (χ4n) is 2.72. The van der Waals surface area contributed by atoms with Crippen LogP contribution < -0.4 is 11.1 Å². The molecule has 4 aromatic rings. The number of hydrogen-bond acceptors (Lipinski definition) is 6. The number of aromatic amines is 1. The Bertz CT molecular complexity index is 1100. The van der Waals surface area contributed by atoms with Gasteiger partial charge in [0.25, 0.3) is 0 Å². The number of nitrogens with one attached hydrogen (secondary N) is 2. The molecule has 26 heavy (non-hydrogen) atoms. The summed E-state index contributed by atoms with van der Waals surface area (Å²) < 4.78 is 0. The summed E-state index contributed by atoms with van der Waals surface area (Å²) in [7, 11) is 0. The van der Waals surface area contributed by atoms with Crippen LogP contribution in [0, 0.1) is 6.92 Å². The second-order valence-corrected chi connectivity index (χ2v) is 6.52. The molecule has 3 heterocycles. The molecular weight excluding hydrogens is 373 g/mol. The van der Waals surface area contributed by atoms with E-state index in [0.29, 0.717) is 32.9 Å². The lowest BCUT2D eigenvalue weighted by Gasteiger charge is -2.12. The molecule has 4 rings (SSSR count). The van der Waals surface area contributed by atoms with Crippen molar-refractivity contribution >= 4 is 51.4 Å². The van der Waals surface area contributed by atoms with Gasteiger partial charge in [-0.1, -0.05) is 23.2 Å². The van der Waals surface area contributed by atoms with Gasteiger partial charge in [0.05, 0.1) is 27.1 Å². The fraction of sp³-hybridized carbons (Fsp3) is 0.0588. The SMILES string of the molecule is Cc1cc(Nc2ncc(-c3c(Cl)cc(N)cc3Cl)c3[nH]ncc23)ncn1. The number of benzene rings is 1. The summed E-state index contributed by atoms with van der Waals surface area (Å²) in [5.74, 6) is 1.25. The maximum atomic E-state index is 6.36. The topological polar surface area (TPSA) is 105 Å². The highest BCUT2D eigenvalue weighted by atomic mass is 35.5. The Morgan fingerprint density at radius 3 is 2.54 bits per heavy atom. The van der Waals surface area contributed by atoms with Crippen LogP contribution in [0.2, 0.25) is 10.0 Å². The molecule has 0 radical (unpaired) electrons. The molecule has 0 amide bonds. The number of hydrogen-bond donors (Lipinski definition) is 3. The van der Waals surface area contributed by atoms with E-state index in [4.69, 9.17) is 28.9 Å². The van der Waals surface area contributed by atoms with Crippen LogP contribution in [-0.2, 0) is 0 Å². The first-order valence-electron chi connectivity index (χ1n) is 7.65. The molecular formula is C17H13Cl2N7. The van der Waals surface area contributed by atoms with Gasteiger partial charge in [0, 0.05) is 34.8 Å². The maximum Gasteiger partial charge on any atom is 0.142 e. The molecule has 130 valence electrons. The summed E-state index contributed by atoms with van der Waals surface area (Å²) in [6.07, 6.45) is 4.86. The number of nitrogens with two attached hydrogens (primary N) is 1. The third-order valence-corrected chi connectivity index (χ3v) is 4.47. The van der Waals surface area contributed by atoms with Crippen LogP contribution >= 0.6 is 23.2 Å². The maximum absolute atomic E-state index is 6.36. The Labute approximate surface area is 158 Å². The van der Waals surface area contributed by atoms with E-state index in [2.05, 4.69) is 30.5 Å². The third-order valence-electron chi connectivity index (χ3n) is 3.87. The van der Waals surface area contributed by atoms with Crippen LogP contribution in [0.3, 0.4) is 0 Å². The van der Waals surface area contributed by atoms with Gasteiger partial charge >= 0.3 is 0 Å². The molecule has 4 N–H and O–H groups in total. The molecule has 0 aliphatic heterocycles. The first kappa shape index (κ1) is 16.6. The van der Waals surface area contributed by atoms with Crippen molar-refractivity contribution < 1.29 is 0 Å². The highest BCUT2D eigenvalue weighted by molar-refractivity contribution is 6.40. The van der Waals surface area contributed by atoms with Gasteiger partial charge in [-0.25, -0.2) is 15.0 Å². The second-order valence-electron chi connectivity index (χ2n) is 5.71. The minimum absolute atomic E-state index is 0.444. The number of rotatable bonds is 3. The number of nitrogens with zero attached hydrogens (tertiary/aromatic N) is 4. The van der Waals surface area contributed by atoms with E-state index in [1.807, 2.05) is 13.0 Å². The van der Waals surface area contributed by atoms with Gasteiger partial charge in [0.15, 0.2) is 0 Å². The van der Waals surface area contributed by atoms with E-state index in [1.165, 1.54) is 6.33 Å². The smallest absolute Gasteiger partial charge is 0.142 e. The van der Waals surface area contributed by atoms with Crippen molar-refractivity contribution in [2.24, 2.45) is 0 Å². The molecule has 1 aromatic carbocycles. The Kier molecular flexibility index (Phi) is 4.10. The highest BCUT2D eigenvalue weighted by Gasteiger charge is 2.17. The Morgan fingerprint density at radius 1 is 1.04 bits per heavy atom. The van der Waals surface area contributed by atoms with Crippen LogP contribution in [0.25, 0.3) is 22.0 Å². The summed E-state index contributed by atoms with van der Waals surface area (Å²) >= 11 is 12.7. The van der Waals surface area contributed by atoms with Crippen LogP contribution in [0.1, 0.15) is 5.69 Å². The zero-order chi connectivity index (χ0) is 18.3.